The van der Waals surface area contributed by atoms with Crippen LogP contribution >= 0.6 is 0 Å². The summed E-state index contributed by atoms with van der Waals surface area (Å²) in [5.74, 6) is -0.968. The van der Waals surface area contributed by atoms with Crippen LogP contribution in [0, 0.1) is 0 Å². The Balaban J connectivity index is 2.40. The van der Waals surface area contributed by atoms with Crippen molar-refractivity contribution in [3.63, 3.8) is 0 Å². The van der Waals surface area contributed by atoms with E-state index in [9.17, 15) is 9.90 Å². The first-order chi connectivity index (χ1) is 7.06. The molecule has 1 aliphatic heterocycles. The van der Waals surface area contributed by atoms with Crippen molar-refractivity contribution in [1.82, 2.24) is 4.90 Å². The SMILES string of the molecule is O=C(O)C=CCN1CCCC(O)(CO)C1. The highest BCUT2D eigenvalue weighted by atomic mass is 16.4. The molecule has 0 spiro atoms. The van der Waals surface area contributed by atoms with E-state index in [4.69, 9.17) is 10.2 Å². The third kappa shape index (κ3) is 3.99. The van der Waals surface area contributed by atoms with Gasteiger partial charge in [-0.1, -0.05) is 6.08 Å². The number of carboxylic acid groups (broad SMARTS) is 1. The van der Waals surface area contributed by atoms with Gasteiger partial charge in [0.2, 0.25) is 0 Å². The van der Waals surface area contributed by atoms with Gasteiger partial charge in [0.15, 0.2) is 0 Å². The Kier molecular flexibility index (Phi) is 4.26. The quantitative estimate of drug-likeness (QED) is 0.548. The number of β-amino-alcohol motifs (C(OH)–C–C–N with tert-alkyl or cyclic N) is 1. The molecule has 0 saturated carbocycles. The van der Waals surface area contributed by atoms with Crippen LogP contribution in [0.5, 0.6) is 0 Å². The fraction of sp³-hybridized carbons (Fsp3) is 0.700. The zero-order valence-corrected chi connectivity index (χ0v) is 8.59. The van der Waals surface area contributed by atoms with Gasteiger partial charge in [0, 0.05) is 19.2 Å². The molecule has 15 heavy (non-hydrogen) atoms. The molecule has 0 aromatic heterocycles. The first-order valence-corrected chi connectivity index (χ1v) is 5.01. The van der Waals surface area contributed by atoms with E-state index < -0.39 is 11.6 Å². The Morgan fingerprint density at radius 1 is 1.53 bits per heavy atom. The number of nitrogens with zero attached hydrogens (tertiary/aromatic N) is 1. The minimum Gasteiger partial charge on any atom is -0.478 e. The van der Waals surface area contributed by atoms with Gasteiger partial charge in [-0.15, -0.1) is 0 Å². The second-order valence-electron chi connectivity index (χ2n) is 3.96. The summed E-state index contributed by atoms with van der Waals surface area (Å²) in [6.07, 6.45) is 4.05. The lowest BCUT2D eigenvalue weighted by atomic mass is 9.94. The van der Waals surface area contributed by atoms with Crippen molar-refractivity contribution in [2.45, 2.75) is 18.4 Å². The molecule has 5 heteroatoms. The van der Waals surface area contributed by atoms with E-state index in [0.29, 0.717) is 19.5 Å². The molecular weight excluding hydrogens is 198 g/mol. The summed E-state index contributed by atoms with van der Waals surface area (Å²) in [6, 6.07) is 0. The second kappa shape index (κ2) is 5.25. The van der Waals surface area contributed by atoms with Gasteiger partial charge in [-0.2, -0.15) is 0 Å². The Morgan fingerprint density at radius 3 is 2.87 bits per heavy atom. The van der Waals surface area contributed by atoms with Gasteiger partial charge in [0.05, 0.1) is 6.61 Å². The summed E-state index contributed by atoms with van der Waals surface area (Å²) >= 11 is 0. The molecule has 1 atom stereocenters. The largest absolute Gasteiger partial charge is 0.478 e. The van der Waals surface area contributed by atoms with Crippen LogP contribution in [0.25, 0.3) is 0 Å². The highest BCUT2D eigenvalue weighted by Gasteiger charge is 2.31. The maximum Gasteiger partial charge on any atom is 0.328 e. The molecule has 1 rings (SSSR count). The zero-order valence-electron chi connectivity index (χ0n) is 8.59. The summed E-state index contributed by atoms with van der Waals surface area (Å²) in [7, 11) is 0. The van der Waals surface area contributed by atoms with Crippen LogP contribution in [0.3, 0.4) is 0 Å². The van der Waals surface area contributed by atoms with Crippen molar-refractivity contribution in [3.05, 3.63) is 12.2 Å². The highest BCUT2D eigenvalue weighted by Crippen LogP contribution is 2.20. The van der Waals surface area contributed by atoms with Crippen molar-refractivity contribution < 1.29 is 20.1 Å². The Labute approximate surface area is 88.6 Å². The second-order valence-corrected chi connectivity index (χ2v) is 3.96. The fourth-order valence-corrected chi connectivity index (χ4v) is 1.79. The lowest BCUT2D eigenvalue weighted by Gasteiger charge is -2.37. The van der Waals surface area contributed by atoms with E-state index in [-0.39, 0.29) is 6.61 Å². The van der Waals surface area contributed by atoms with Crippen molar-refractivity contribution in [3.8, 4) is 0 Å². The summed E-state index contributed by atoms with van der Waals surface area (Å²) in [4.78, 5) is 12.2. The van der Waals surface area contributed by atoms with Crippen molar-refractivity contribution in [2.75, 3.05) is 26.2 Å². The van der Waals surface area contributed by atoms with Gasteiger partial charge >= 0.3 is 5.97 Å². The van der Waals surface area contributed by atoms with Crippen LogP contribution < -0.4 is 0 Å². The first kappa shape index (κ1) is 12.2. The van der Waals surface area contributed by atoms with Crippen LogP contribution in [0.2, 0.25) is 0 Å². The number of aliphatic carboxylic acids is 1. The van der Waals surface area contributed by atoms with Crippen LogP contribution in [-0.4, -0.2) is 58.0 Å². The number of likely N-dealkylation sites (tertiary alicyclic amines) is 1. The molecule has 3 N–H and O–H groups in total. The predicted molar refractivity (Wildman–Crippen MR) is 54.5 cm³/mol. The third-order valence-corrected chi connectivity index (χ3v) is 2.55. The number of rotatable bonds is 4. The van der Waals surface area contributed by atoms with Crippen molar-refractivity contribution >= 4 is 5.97 Å². The normalized spacial score (nSPS) is 28.4. The zero-order chi connectivity index (χ0) is 11.3. The monoisotopic (exact) mass is 215 g/mol. The van der Waals surface area contributed by atoms with Crippen LogP contribution in [-0.2, 0) is 4.79 Å². The van der Waals surface area contributed by atoms with E-state index in [2.05, 4.69) is 0 Å². The number of piperidine rings is 1. The molecule has 1 unspecified atom stereocenters. The third-order valence-electron chi connectivity index (χ3n) is 2.55. The molecule has 1 saturated heterocycles. The van der Waals surface area contributed by atoms with Gasteiger partial charge in [-0.3, -0.25) is 4.90 Å². The smallest absolute Gasteiger partial charge is 0.328 e. The van der Waals surface area contributed by atoms with Crippen LogP contribution in [0.15, 0.2) is 12.2 Å². The minimum atomic E-state index is -1.02. The molecule has 0 bridgehead atoms. The van der Waals surface area contributed by atoms with E-state index in [1.807, 2.05) is 4.90 Å². The lowest BCUT2D eigenvalue weighted by Crippen LogP contribution is -2.50. The molecule has 0 radical (unpaired) electrons. The van der Waals surface area contributed by atoms with Gasteiger partial charge in [-0.05, 0) is 19.4 Å². The molecule has 0 amide bonds. The average Bonchev–Trinajstić information content (AvgIpc) is 2.17. The van der Waals surface area contributed by atoms with E-state index in [1.54, 1.807) is 6.08 Å². The number of aliphatic hydroxyl groups excluding tert-OH is 1. The molecule has 1 aliphatic rings. The van der Waals surface area contributed by atoms with Crippen LogP contribution in [0.1, 0.15) is 12.8 Å². The molecule has 1 heterocycles. The van der Waals surface area contributed by atoms with Crippen molar-refractivity contribution in [1.29, 1.82) is 0 Å². The van der Waals surface area contributed by atoms with E-state index in [1.165, 1.54) is 0 Å². The molecular formula is C10H17NO4. The molecule has 86 valence electrons. The summed E-state index contributed by atoms with van der Waals surface area (Å²) < 4.78 is 0. The predicted octanol–water partition coefficient (Wildman–Crippen LogP) is -0.554. The highest BCUT2D eigenvalue weighted by molar-refractivity contribution is 5.79. The van der Waals surface area contributed by atoms with Gasteiger partial charge < -0.3 is 15.3 Å². The first-order valence-electron chi connectivity index (χ1n) is 5.01. The fourth-order valence-electron chi connectivity index (χ4n) is 1.79. The maximum absolute atomic E-state index is 10.2. The molecule has 0 aliphatic carbocycles. The molecule has 0 aromatic rings. The Morgan fingerprint density at radius 2 is 2.27 bits per heavy atom. The summed E-state index contributed by atoms with van der Waals surface area (Å²) in [6.45, 7) is 1.47. The van der Waals surface area contributed by atoms with Gasteiger partial charge in [0.1, 0.15) is 5.60 Å². The molecule has 0 aromatic carbocycles. The summed E-state index contributed by atoms with van der Waals surface area (Å²) in [5, 5.41) is 27.2. The number of hydrogen-bond acceptors (Lipinski definition) is 4. The van der Waals surface area contributed by atoms with Gasteiger partial charge in [0.25, 0.3) is 0 Å². The number of carbonyl (C=O) groups is 1. The maximum atomic E-state index is 10.2. The van der Waals surface area contributed by atoms with Crippen molar-refractivity contribution in [2.24, 2.45) is 0 Å². The average molecular weight is 215 g/mol. The summed E-state index contributed by atoms with van der Waals surface area (Å²) in [5.41, 5.74) is -1.02. The Bertz CT molecular complexity index is 254. The number of aliphatic hydroxyl groups is 2. The van der Waals surface area contributed by atoms with E-state index in [0.717, 1.165) is 19.0 Å². The lowest BCUT2D eigenvalue weighted by molar-refractivity contribution is -0.131. The topological polar surface area (TPSA) is 81.0 Å². The Hall–Kier alpha value is -0.910. The molecule has 5 nitrogen and oxygen atoms in total. The number of carboxylic acids is 1. The minimum absolute atomic E-state index is 0.244. The van der Waals surface area contributed by atoms with E-state index >= 15 is 0 Å². The molecule has 1 fully saturated rings. The van der Waals surface area contributed by atoms with Gasteiger partial charge in [-0.25, -0.2) is 4.79 Å². The standard InChI is InChI=1S/C10H17NO4/c12-8-10(15)4-2-6-11(7-10)5-1-3-9(13)14/h1,3,12,15H,2,4-8H2,(H,13,14). The number of hydrogen-bond donors (Lipinski definition) is 3. The van der Waals surface area contributed by atoms with Crippen LogP contribution in [0.4, 0.5) is 0 Å².